The summed E-state index contributed by atoms with van der Waals surface area (Å²) in [7, 11) is 1.58. The summed E-state index contributed by atoms with van der Waals surface area (Å²) in [5.41, 5.74) is 1.42. The lowest BCUT2D eigenvalue weighted by atomic mass is 10.1. The van der Waals surface area contributed by atoms with Gasteiger partial charge in [0.15, 0.2) is 0 Å². The first-order chi connectivity index (χ1) is 7.63. The molecule has 0 saturated carbocycles. The Kier molecular flexibility index (Phi) is 4.32. The van der Waals surface area contributed by atoms with E-state index in [1.54, 1.807) is 20.1 Å². The molecule has 1 N–H and O–H groups in total. The van der Waals surface area contributed by atoms with Crippen LogP contribution in [0.15, 0.2) is 29.4 Å². The topological polar surface area (TPSA) is 68.1 Å². The summed E-state index contributed by atoms with van der Waals surface area (Å²) in [6.07, 6.45) is 0. The van der Waals surface area contributed by atoms with Gasteiger partial charge in [0.25, 0.3) is 0 Å². The van der Waals surface area contributed by atoms with E-state index in [2.05, 4.69) is 9.99 Å². The average Bonchev–Trinajstić information content (AvgIpc) is 2.28. The normalized spacial score (nSPS) is 11.0. The molecular weight excluding hydrogens is 210 g/mol. The van der Waals surface area contributed by atoms with Gasteiger partial charge in [0.2, 0.25) is 6.61 Å². The maximum atomic E-state index is 10.2. The van der Waals surface area contributed by atoms with E-state index in [1.165, 1.54) is 0 Å². The second kappa shape index (κ2) is 5.75. The van der Waals surface area contributed by atoms with Crippen LogP contribution in [0.2, 0.25) is 0 Å². The van der Waals surface area contributed by atoms with Gasteiger partial charge in [-0.25, -0.2) is 4.79 Å². The molecule has 0 amide bonds. The van der Waals surface area contributed by atoms with Crippen LogP contribution in [-0.2, 0) is 9.63 Å². The van der Waals surface area contributed by atoms with Crippen LogP contribution in [0.1, 0.15) is 12.5 Å². The Morgan fingerprint density at radius 1 is 1.50 bits per heavy atom. The Morgan fingerprint density at radius 3 is 2.88 bits per heavy atom. The molecule has 0 aliphatic heterocycles. The van der Waals surface area contributed by atoms with Gasteiger partial charge >= 0.3 is 5.97 Å². The third-order valence-corrected chi connectivity index (χ3v) is 1.88. The van der Waals surface area contributed by atoms with Crippen LogP contribution in [0, 0.1) is 0 Å². The lowest BCUT2D eigenvalue weighted by molar-refractivity contribution is -0.142. The number of hydrogen-bond acceptors (Lipinski definition) is 4. The summed E-state index contributed by atoms with van der Waals surface area (Å²) in [4.78, 5) is 14.8. The van der Waals surface area contributed by atoms with Gasteiger partial charge in [0.1, 0.15) is 5.75 Å². The molecule has 0 atom stereocenters. The minimum atomic E-state index is -1.05. The molecule has 0 aliphatic carbocycles. The van der Waals surface area contributed by atoms with Crippen molar-refractivity contribution in [3.05, 3.63) is 29.8 Å². The summed E-state index contributed by atoms with van der Waals surface area (Å²) in [6, 6.07) is 7.27. The zero-order valence-electron chi connectivity index (χ0n) is 9.14. The molecule has 5 heteroatoms. The molecule has 5 nitrogen and oxygen atoms in total. The minimum Gasteiger partial charge on any atom is -0.497 e. The smallest absolute Gasteiger partial charge is 0.344 e. The first kappa shape index (κ1) is 12.0. The van der Waals surface area contributed by atoms with Gasteiger partial charge < -0.3 is 14.7 Å². The quantitative estimate of drug-likeness (QED) is 0.607. The fourth-order valence-electron chi connectivity index (χ4n) is 1.09. The molecule has 1 aromatic carbocycles. The van der Waals surface area contributed by atoms with Crippen LogP contribution in [-0.4, -0.2) is 30.5 Å². The molecule has 0 spiro atoms. The molecule has 0 unspecified atom stereocenters. The van der Waals surface area contributed by atoms with Crippen LogP contribution in [0.3, 0.4) is 0 Å². The Balaban J connectivity index is 2.71. The summed E-state index contributed by atoms with van der Waals surface area (Å²) in [6.45, 7) is 1.29. The van der Waals surface area contributed by atoms with Crippen molar-refractivity contribution in [1.82, 2.24) is 0 Å². The number of hydrogen-bond donors (Lipinski definition) is 1. The lowest BCUT2D eigenvalue weighted by Crippen LogP contribution is -2.05. The molecule has 0 heterocycles. The summed E-state index contributed by atoms with van der Waals surface area (Å²) < 4.78 is 5.06. The largest absolute Gasteiger partial charge is 0.497 e. The average molecular weight is 223 g/mol. The van der Waals surface area contributed by atoms with Crippen molar-refractivity contribution in [2.24, 2.45) is 5.16 Å². The standard InChI is InChI=1S/C11H13NO4/c1-8(12-16-7-11(13)14)9-4-3-5-10(6-9)15-2/h3-6H,7H2,1-2H3,(H,13,14)/b12-8+. The number of benzene rings is 1. The number of ether oxygens (including phenoxy) is 1. The van der Waals surface area contributed by atoms with Gasteiger partial charge in [-0.05, 0) is 19.1 Å². The summed E-state index contributed by atoms with van der Waals surface area (Å²) in [5.74, 6) is -0.340. The van der Waals surface area contributed by atoms with Crippen LogP contribution >= 0.6 is 0 Å². The van der Waals surface area contributed by atoms with Crippen molar-refractivity contribution in [2.45, 2.75) is 6.92 Å². The van der Waals surface area contributed by atoms with Crippen LogP contribution < -0.4 is 4.74 Å². The van der Waals surface area contributed by atoms with Gasteiger partial charge in [0, 0.05) is 5.56 Å². The molecule has 0 saturated heterocycles. The Bertz CT molecular complexity index is 401. The van der Waals surface area contributed by atoms with E-state index in [4.69, 9.17) is 9.84 Å². The van der Waals surface area contributed by atoms with E-state index < -0.39 is 12.6 Å². The molecular formula is C11H13NO4. The number of oxime groups is 1. The van der Waals surface area contributed by atoms with Gasteiger partial charge in [0.05, 0.1) is 12.8 Å². The Hall–Kier alpha value is -2.04. The van der Waals surface area contributed by atoms with Crippen molar-refractivity contribution in [3.8, 4) is 5.75 Å². The van der Waals surface area contributed by atoms with E-state index in [1.807, 2.05) is 18.2 Å². The van der Waals surface area contributed by atoms with Crippen molar-refractivity contribution in [2.75, 3.05) is 13.7 Å². The van der Waals surface area contributed by atoms with E-state index in [9.17, 15) is 4.79 Å². The van der Waals surface area contributed by atoms with Crippen LogP contribution in [0.5, 0.6) is 5.75 Å². The van der Waals surface area contributed by atoms with Crippen molar-refractivity contribution in [3.63, 3.8) is 0 Å². The van der Waals surface area contributed by atoms with E-state index >= 15 is 0 Å². The van der Waals surface area contributed by atoms with Crippen molar-refractivity contribution < 1.29 is 19.5 Å². The molecule has 1 aromatic rings. The molecule has 1 rings (SSSR count). The SMILES string of the molecule is COc1cccc(/C(C)=N/OCC(=O)O)c1. The first-order valence-corrected chi connectivity index (χ1v) is 4.66. The number of rotatable bonds is 5. The van der Waals surface area contributed by atoms with Crippen LogP contribution in [0.4, 0.5) is 0 Å². The maximum absolute atomic E-state index is 10.2. The zero-order valence-corrected chi connectivity index (χ0v) is 9.14. The highest BCUT2D eigenvalue weighted by Gasteiger charge is 2.01. The summed E-state index contributed by atoms with van der Waals surface area (Å²) >= 11 is 0. The maximum Gasteiger partial charge on any atom is 0.344 e. The highest BCUT2D eigenvalue weighted by atomic mass is 16.6. The van der Waals surface area contributed by atoms with E-state index in [0.717, 1.165) is 5.56 Å². The number of carboxylic acid groups (broad SMARTS) is 1. The predicted octanol–water partition coefficient (Wildman–Crippen LogP) is 1.52. The Labute approximate surface area is 93.3 Å². The second-order valence-corrected chi connectivity index (χ2v) is 3.08. The molecule has 86 valence electrons. The number of methoxy groups -OCH3 is 1. The lowest BCUT2D eigenvalue weighted by Gasteiger charge is -2.03. The molecule has 16 heavy (non-hydrogen) atoms. The van der Waals surface area contributed by atoms with Gasteiger partial charge in [-0.1, -0.05) is 17.3 Å². The van der Waals surface area contributed by atoms with Crippen molar-refractivity contribution in [1.29, 1.82) is 0 Å². The van der Waals surface area contributed by atoms with Gasteiger partial charge in [-0.3, -0.25) is 0 Å². The monoisotopic (exact) mass is 223 g/mol. The van der Waals surface area contributed by atoms with Crippen molar-refractivity contribution >= 4 is 11.7 Å². The highest BCUT2D eigenvalue weighted by molar-refractivity contribution is 5.98. The van der Waals surface area contributed by atoms with E-state index in [0.29, 0.717) is 11.5 Å². The molecule has 0 bridgehead atoms. The molecule has 0 aromatic heterocycles. The third-order valence-electron chi connectivity index (χ3n) is 1.88. The molecule has 0 fully saturated rings. The summed E-state index contributed by atoms with van der Waals surface area (Å²) in [5, 5.41) is 12.1. The zero-order chi connectivity index (χ0) is 12.0. The first-order valence-electron chi connectivity index (χ1n) is 4.66. The predicted molar refractivity (Wildman–Crippen MR) is 58.8 cm³/mol. The molecule has 0 radical (unpaired) electrons. The number of aliphatic carboxylic acids is 1. The number of nitrogens with zero attached hydrogens (tertiary/aromatic N) is 1. The highest BCUT2D eigenvalue weighted by Crippen LogP contribution is 2.13. The number of carbonyl (C=O) groups is 1. The Morgan fingerprint density at radius 2 is 2.25 bits per heavy atom. The second-order valence-electron chi connectivity index (χ2n) is 3.08. The van der Waals surface area contributed by atoms with E-state index in [-0.39, 0.29) is 0 Å². The fourth-order valence-corrected chi connectivity index (χ4v) is 1.09. The van der Waals surface area contributed by atoms with Crippen LogP contribution in [0.25, 0.3) is 0 Å². The van der Waals surface area contributed by atoms with Gasteiger partial charge in [-0.15, -0.1) is 0 Å². The number of carboxylic acids is 1. The molecule has 0 aliphatic rings. The third kappa shape index (κ3) is 3.61. The minimum absolute atomic E-state index is 0.443. The van der Waals surface area contributed by atoms with Gasteiger partial charge in [-0.2, -0.15) is 0 Å². The fraction of sp³-hybridized carbons (Fsp3) is 0.273.